The molecule has 0 unspecified atom stereocenters. The van der Waals surface area contributed by atoms with Crippen molar-refractivity contribution >= 4 is 22.6 Å². The van der Waals surface area contributed by atoms with E-state index in [0.29, 0.717) is 5.56 Å². The number of methoxy groups -OCH3 is 1. The molecular formula is C17H17IN2O2. The van der Waals surface area contributed by atoms with Crippen molar-refractivity contribution in [2.75, 3.05) is 7.11 Å². The zero-order valence-electron chi connectivity index (χ0n) is 12.6. The normalized spacial score (nSPS) is 10.3. The fourth-order valence-electron chi connectivity index (χ4n) is 2.29. The van der Waals surface area contributed by atoms with Crippen LogP contribution in [0.3, 0.4) is 0 Å². The van der Waals surface area contributed by atoms with Crippen molar-refractivity contribution < 1.29 is 4.74 Å². The SMILES string of the molecule is CCCCc1[nH]c(=O)c(C#N)c(-c2ccc(OC)cc2)c1I. The molecule has 0 saturated carbocycles. The number of unbranched alkanes of at least 4 members (excludes halogenated alkanes) is 1. The average molecular weight is 408 g/mol. The largest absolute Gasteiger partial charge is 0.497 e. The lowest BCUT2D eigenvalue weighted by atomic mass is 9.99. The van der Waals surface area contributed by atoms with Crippen molar-refractivity contribution in [1.29, 1.82) is 5.26 Å². The lowest BCUT2D eigenvalue weighted by molar-refractivity contribution is 0.415. The number of benzene rings is 1. The first-order chi connectivity index (χ1) is 10.6. The second-order valence-corrected chi connectivity index (χ2v) is 6.02. The number of ether oxygens (including phenoxy) is 1. The molecule has 0 saturated heterocycles. The average Bonchev–Trinajstić information content (AvgIpc) is 2.55. The van der Waals surface area contributed by atoms with E-state index in [1.807, 2.05) is 30.3 Å². The van der Waals surface area contributed by atoms with Crippen LogP contribution in [0.15, 0.2) is 29.1 Å². The Hall–Kier alpha value is -1.81. The highest BCUT2D eigenvalue weighted by atomic mass is 127. The number of hydrogen-bond acceptors (Lipinski definition) is 3. The van der Waals surface area contributed by atoms with Gasteiger partial charge in [0, 0.05) is 14.8 Å². The van der Waals surface area contributed by atoms with Crippen molar-refractivity contribution in [3.05, 3.63) is 49.4 Å². The van der Waals surface area contributed by atoms with E-state index in [2.05, 4.69) is 34.5 Å². The van der Waals surface area contributed by atoms with Crippen LogP contribution in [0, 0.1) is 14.9 Å². The fraction of sp³-hybridized carbons (Fsp3) is 0.294. The summed E-state index contributed by atoms with van der Waals surface area (Å²) in [7, 11) is 1.61. The molecule has 0 bridgehead atoms. The Labute approximate surface area is 143 Å². The summed E-state index contributed by atoms with van der Waals surface area (Å²) < 4.78 is 6.10. The summed E-state index contributed by atoms with van der Waals surface area (Å²) in [5, 5.41) is 9.35. The van der Waals surface area contributed by atoms with Gasteiger partial charge >= 0.3 is 0 Å². The number of rotatable bonds is 5. The number of pyridine rings is 1. The first kappa shape index (κ1) is 16.6. The second-order valence-electron chi connectivity index (χ2n) is 4.94. The molecule has 2 rings (SSSR count). The van der Waals surface area contributed by atoms with Gasteiger partial charge < -0.3 is 9.72 Å². The molecule has 5 heteroatoms. The van der Waals surface area contributed by atoms with Crippen molar-refractivity contribution in [1.82, 2.24) is 4.98 Å². The van der Waals surface area contributed by atoms with Crippen LogP contribution in [0.1, 0.15) is 31.0 Å². The van der Waals surface area contributed by atoms with Gasteiger partial charge in [-0.3, -0.25) is 4.79 Å². The molecule has 0 radical (unpaired) electrons. The van der Waals surface area contributed by atoms with Gasteiger partial charge in [-0.05, 0) is 53.1 Å². The van der Waals surface area contributed by atoms with Gasteiger partial charge in [0.1, 0.15) is 17.4 Å². The molecule has 1 heterocycles. The smallest absolute Gasteiger partial charge is 0.266 e. The predicted octanol–water partition coefficient (Wildman–Crippen LogP) is 3.87. The number of nitriles is 1. The van der Waals surface area contributed by atoms with Crippen LogP contribution in [-0.2, 0) is 6.42 Å². The van der Waals surface area contributed by atoms with Crippen LogP contribution < -0.4 is 10.3 Å². The Balaban J connectivity index is 2.63. The van der Waals surface area contributed by atoms with E-state index in [0.717, 1.165) is 39.8 Å². The highest BCUT2D eigenvalue weighted by Crippen LogP contribution is 2.30. The summed E-state index contributed by atoms with van der Waals surface area (Å²) in [6.45, 7) is 2.11. The van der Waals surface area contributed by atoms with Gasteiger partial charge in [0.15, 0.2) is 0 Å². The molecule has 0 aliphatic rings. The number of aryl methyl sites for hydroxylation is 1. The fourth-order valence-corrected chi connectivity index (χ4v) is 3.28. The first-order valence-electron chi connectivity index (χ1n) is 7.11. The Bertz CT molecular complexity index is 758. The van der Waals surface area contributed by atoms with Crippen LogP contribution >= 0.6 is 22.6 Å². The van der Waals surface area contributed by atoms with Crippen molar-refractivity contribution in [2.24, 2.45) is 0 Å². The van der Waals surface area contributed by atoms with Gasteiger partial charge in [-0.1, -0.05) is 25.5 Å². The van der Waals surface area contributed by atoms with Crippen molar-refractivity contribution in [3.63, 3.8) is 0 Å². The zero-order valence-corrected chi connectivity index (χ0v) is 14.7. The van der Waals surface area contributed by atoms with E-state index in [1.165, 1.54) is 0 Å². The minimum absolute atomic E-state index is 0.162. The summed E-state index contributed by atoms with van der Waals surface area (Å²) in [6, 6.07) is 9.45. The molecule has 0 aliphatic heterocycles. The number of nitrogens with one attached hydrogen (secondary N) is 1. The van der Waals surface area contributed by atoms with E-state index in [4.69, 9.17) is 4.74 Å². The standard InChI is InChI=1S/C17H17IN2O2/c1-3-4-5-14-16(18)15(13(10-19)17(21)20-14)11-6-8-12(22-2)9-7-11/h6-9H,3-5H2,1-2H3,(H,20,21). The number of nitrogens with zero attached hydrogens (tertiary/aromatic N) is 1. The molecule has 0 amide bonds. The maximum atomic E-state index is 12.2. The molecule has 114 valence electrons. The number of hydrogen-bond donors (Lipinski definition) is 1. The van der Waals surface area contributed by atoms with Gasteiger partial charge in [-0.25, -0.2) is 0 Å². The summed E-state index contributed by atoms with van der Waals surface area (Å²) in [6.07, 6.45) is 2.86. The molecule has 1 aromatic heterocycles. The highest BCUT2D eigenvalue weighted by molar-refractivity contribution is 14.1. The third-order valence-corrected chi connectivity index (χ3v) is 4.69. The Morgan fingerprint density at radius 3 is 2.55 bits per heavy atom. The van der Waals surface area contributed by atoms with Crippen LogP contribution in [0.5, 0.6) is 5.75 Å². The van der Waals surface area contributed by atoms with Gasteiger partial charge in [0.25, 0.3) is 5.56 Å². The molecule has 0 fully saturated rings. The number of halogens is 1. The molecule has 0 atom stereocenters. The minimum atomic E-state index is -0.320. The minimum Gasteiger partial charge on any atom is -0.497 e. The van der Waals surface area contributed by atoms with Crippen LogP contribution in [0.2, 0.25) is 0 Å². The van der Waals surface area contributed by atoms with E-state index < -0.39 is 0 Å². The topological polar surface area (TPSA) is 65.9 Å². The lowest BCUT2D eigenvalue weighted by Gasteiger charge is -2.12. The maximum Gasteiger partial charge on any atom is 0.266 e. The molecule has 1 aromatic carbocycles. The summed E-state index contributed by atoms with van der Waals surface area (Å²) in [5.74, 6) is 0.744. The predicted molar refractivity (Wildman–Crippen MR) is 95.1 cm³/mol. The van der Waals surface area contributed by atoms with Crippen molar-refractivity contribution in [2.45, 2.75) is 26.2 Å². The Kier molecular flexibility index (Phi) is 5.61. The lowest BCUT2D eigenvalue weighted by Crippen LogP contribution is -2.16. The number of H-pyrrole nitrogens is 1. The van der Waals surface area contributed by atoms with Crippen molar-refractivity contribution in [3.8, 4) is 22.9 Å². The van der Waals surface area contributed by atoms with E-state index in [1.54, 1.807) is 7.11 Å². The monoisotopic (exact) mass is 408 g/mol. The summed E-state index contributed by atoms with van der Waals surface area (Å²) in [4.78, 5) is 15.0. The Morgan fingerprint density at radius 1 is 1.32 bits per heavy atom. The van der Waals surface area contributed by atoms with Gasteiger partial charge in [0.05, 0.1) is 7.11 Å². The maximum absolute atomic E-state index is 12.2. The van der Waals surface area contributed by atoms with Crippen LogP contribution in [-0.4, -0.2) is 12.1 Å². The third-order valence-electron chi connectivity index (χ3n) is 3.50. The molecular weight excluding hydrogens is 391 g/mol. The van der Waals surface area contributed by atoms with Crippen LogP contribution in [0.25, 0.3) is 11.1 Å². The molecule has 1 N–H and O–H groups in total. The zero-order chi connectivity index (χ0) is 16.1. The molecule has 0 spiro atoms. The highest BCUT2D eigenvalue weighted by Gasteiger charge is 2.17. The number of aromatic amines is 1. The second kappa shape index (κ2) is 7.45. The molecule has 4 nitrogen and oxygen atoms in total. The van der Waals surface area contributed by atoms with Crippen LogP contribution in [0.4, 0.5) is 0 Å². The molecule has 2 aromatic rings. The third kappa shape index (κ3) is 3.33. The molecule has 0 aliphatic carbocycles. The number of aromatic nitrogens is 1. The summed E-state index contributed by atoms with van der Waals surface area (Å²) in [5.41, 5.74) is 2.30. The van der Waals surface area contributed by atoms with Gasteiger partial charge in [-0.15, -0.1) is 0 Å². The van der Waals surface area contributed by atoms with Gasteiger partial charge in [-0.2, -0.15) is 5.26 Å². The van der Waals surface area contributed by atoms with E-state index in [-0.39, 0.29) is 11.1 Å². The first-order valence-corrected chi connectivity index (χ1v) is 8.19. The quantitative estimate of drug-likeness (QED) is 0.764. The Morgan fingerprint density at radius 2 is 2.00 bits per heavy atom. The van der Waals surface area contributed by atoms with Gasteiger partial charge in [0.2, 0.25) is 0 Å². The molecule has 22 heavy (non-hydrogen) atoms. The summed E-state index contributed by atoms with van der Waals surface area (Å²) >= 11 is 2.22. The van der Waals surface area contributed by atoms with E-state index in [9.17, 15) is 10.1 Å². The van der Waals surface area contributed by atoms with E-state index >= 15 is 0 Å².